The molecule has 0 saturated heterocycles. The summed E-state index contributed by atoms with van der Waals surface area (Å²) in [6.45, 7) is 6.87. The van der Waals surface area contributed by atoms with E-state index < -0.39 is 8.07 Å². The van der Waals surface area contributed by atoms with Crippen LogP contribution in [-0.4, -0.2) is 29.3 Å². The van der Waals surface area contributed by atoms with Gasteiger partial charge in [-0.05, 0) is 6.26 Å². The van der Waals surface area contributed by atoms with Crippen molar-refractivity contribution in [3.8, 4) is 0 Å². The lowest BCUT2D eigenvalue weighted by molar-refractivity contribution is 0.666. The number of aromatic nitrogens is 3. The molecule has 0 bridgehead atoms. The molecule has 0 N–H and O–H groups in total. The molecule has 0 aromatic carbocycles. The van der Waals surface area contributed by atoms with Gasteiger partial charge >= 0.3 is 0 Å². The fourth-order valence-corrected chi connectivity index (χ4v) is 3.96. The lowest BCUT2D eigenvalue weighted by Gasteiger charge is -2.13. The van der Waals surface area contributed by atoms with Gasteiger partial charge in [0.15, 0.2) is 0 Å². The third kappa shape index (κ3) is 1.72. The van der Waals surface area contributed by atoms with Crippen LogP contribution in [-0.2, 0) is 7.05 Å². The van der Waals surface area contributed by atoms with E-state index in [1.807, 2.05) is 11.7 Å². The standard InChI is InChI=1S/C7H15N3SSi/c1-10-7(11-2)6(8-9-10)12(3,4)5/h1-5H3. The summed E-state index contributed by atoms with van der Waals surface area (Å²) in [6, 6.07) is 0. The molecule has 0 saturated carbocycles. The van der Waals surface area contributed by atoms with Gasteiger partial charge in [-0.25, -0.2) is 4.68 Å². The normalized spacial score (nSPS) is 12.1. The fraction of sp³-hybridized carbons (Fsp3) is 0.714. The van der Waals surface area contributed by atoms with Crippen LogP contribution in [0.3, 0.4) is 0 Å². The molecule has 1 heterocycles. The second kappa shape index (κ2) is 3.22. The van der Waals surface area contributed by atoms with Crippen molar-refractivity contribution in [3.63, 3.8) is 0 Å². The molecule has 1 aromatic rings. The second-order valence-electron chi connectivity index (χ2n) is 3.82. The van der Waals surface area contributed by atoms with E-state index in [0.717, 1.165) is 0 Å². The molecule has 0 amide bonds. The lowest BCUT2D eigenvalue weighted by atomic mass is 10.9. The minimum absolute atomic E-state index is 1.22. The molecule has 0 aliphatic heterocycles. The first-order valence-corrected chi connectivity index (χ1v) is 8.63. The summed E-state index contributed by atoms with van der Waals surface area (Å²) < 4.78 is 1.86. The van der Waals surface area contributed by atoms with Gasteiger partial charge in [-0.15, -0.1) is 16.9 Å². The first-order valence-electron chi connectivity index (χ1n) is 3.91. The van der Waals surface area contributed by atoms with Crippen LogP contribution < -0.4 is 5.32 Å². The van der Waals surface area contributed by atoms with Gasteiger partial charge in [-0.2, -0.15) is 0 Å². The topological polar surface area (TPSA) is 30.7 Å². The zero-order chi connectivity index (χ0) is 9.35. The van der Waals surface area contributed by atoms with E-state index in [1.165, 1.54) is 10.3 Å². The Morgan fingerprint density at radius 2 is 1.92 bits per heavy atom. The van der Waals surface area contributed by atoms with Crippen LogP contribution in [0.4, 0.5) is 0 Å². The average Bonchev–Trinajstić information content (AvgIpc) is 2.29. The molecule has 0 radical (unpaired) electrons. The molecule has 5 heteroatoms. The zero-order valence-electron chi connectivity index (χ0n) is 8.25. The molecule has 0 unspecified atom stereocenters. The van der Waals surface area contributed by atoms with Crippen molar-refractivity contribution in [1.82, 2.24) is 15.0 Å². The van der Waals surface area contributed by atoms with Gasteiger partial charge < -0.3 is 0 Å². The monoisotopic (exact) mass is 201 g/mol. The average molecular weight is 201 g/mol. The van der Waals surface area contributed by atoms with Gasteiger partial charge in [-0.3, -0.25) is 0 Å². The van der Waals surface area contributed by atoms with Crippen LogP contribution in [0.1, 0.15) is 0 Å². The second-order valence-corrected chi connectivity index (χ2v) is 9.59. The van der Waals surface area contributed by atoms with Crippen molar-refractivity contribution in [3.05, 3.63) is 0 Å². The van der Waals surface area contributed by atoms with E-state index in [-0.39, 0.29) is 0 Å². The van der Waals surface area contributed by atoms with Crippen LogP contribution in [0.25, 0.3) is 0 Å². The number of nitrogens with zero attached hydrogens (tertiary/aromatic N) is 3. The maximum absolute atomic E-state index is 4.21. The Morgan fingerprint density at radius 1 is 1.33 bits per heavy atom. The minimum atomic E-state index is -1.29. The van der Waals surface area contributed by atoms with E-state index in [4.69, 9.17) is 0 Å². The first-order chi connectivity index (χ1) is 5.46. The van der Waals surface area contributed by atoms with E-state index in [0.29, 0.717) is 0 Å². The van der Waals surface area contributed by atoms with Gasteiger partial charge in [0.25, 0.3) is 0 Å². The van der Waals surface area contributed by atoms with Crippen molar-refractivity contribution in [2.24, 2.45) is 7.05 Å². The Hall–Kier alpha value is -0.293. The van der Waals surface area contributed by atoms with Gasteiger partial charge in [-0.1, -0.05) is 24.9 Å². The van der Waals surface area contributed by atoms with Crippen molar-refractivity contribution in [2.45, 2.75) is 24.7 Å². The van der Waals surface area contributed by atoms with Crippen LogP contribution in [0.15, 0.2) is 5.03 Å². The molecule has 3 nitrogen and oxygen atoms in total. The quantitative estimate of drug-likeness (QED) is 0.530. The molecule has 0 aliphatic carbocycles. The van der Waals surface area contributed by atoms with E-state index in [1.54, 1.807) is 11.8 Å². The number of thioether (sulfide) groups is 1. The Labute approximate surface area is 78.6 Å². The Bertz CT molecular complexity index is 277. The van der Waals surface area contributed by atoms with Crippen LogP contribution in [0.2, 0.25) is 19.6 Å². The van der Waals surface area contributed by atoms with Gasteiger partial charge in [0.05, 0.1) is 5.32 Å². The maximum atomic E-state index is 4.21. The molecule has 12 heavy (non-hydrogen) atoms. The first kappa shape index (κ1) is 9.79. The Morgan fingerprint density at radius 3 is 2.25 bits per heavy atom. The Kier molecular flexibility index (Phi) is 2.63. The van der Waals surface area contributed by atoms with E-state index in [9.17, 15) is 0 Å². The molecule has 1 rings (SSSR count). The largest absolute Gasteiger partial charge is 0.242 e. The summed E-state index contributed by atoms with van der Waals surface area (Å²) >= 11 is 1.73. The summed E-state index contributed by atoms with van der Waals surface area (Å²) in [4.78, 5) is 0. The molecule has 0 fully saturated rings. The third-order valence-electron chi connectivity index (χ3n) is 1.68. The number of hydrogen-bond donors (Lipinski definition) is 0. The Balaban J connectivity index is 3.16. The van der Waals surface area contributed by atoms with Gasteiger partial charge in [0.2, 0.25) is 0 Å². The third-order valence-corrected chi connectivity index (χ3v) is 4.46. The smallest absolute Gasteiger partial charge is 0.112 e. The minimum Gasteiger partial charge on any atom is -0.242 e. The van der Waals surface area contributed by atoms with Crippen LogP contribution in [0.5, 0.6) is 0 Å². The highest BCUT2D eigenvalue weighted by atomic mass is 32.2. The predicted octanol–water partition coefficient (Wildman–Crippen LogP) is 1.08. The maximum Gasteiger partial charge on any atom is 0.112 e. The molecule has 0 aliphatic rings. The predicted molar refractivity (Wildman–Crippen MR) is 55.8 cm³/mol. The van der Waals surface area contributed by atoms with Crippen molar-refractivity contribution >= 4 is 25.2 Å². The van der Waals surface area contributed by atoms with Crippen molar-refractivity contribution in [1.29, 1.82) is 0 Å². The van der Waals surface area contributed by atoms with Crippen LogP contribution in [0, 0.1) is 0 Å². The van der Waals surface area contributed by atoms with E-state index in [2.05, 4.69) is 36.2 Å². The SMILES string of the molecule is CSc1c([Si](C)(C)C)nnn1C. The van der Waals surface area contributed by atoms with Crippen LogP contribution >= 0.6 is 11.8 Å². The summed E-state index contributed by atoms with van der Waals surface area (Å²) in [5, 5.41) is 10.7. The molecule has 0 spiro atoms. The molecule has 0 atom stereocenters. The van der Waals surface area contributed by atoms with Gasteiger partial charge in [0.1, 0.15) is 13.1 Å². The lowest BCUT2D eigenvalue weighted by Crippen LogP contribution is -2.40. The van der Waals surface area contributed by atoms with Crippen molar-refractivity contribution < 1.29 is 0 Å². The molecule has 68 valence electrons. The summed E-state index contributed by atoms with van der Waals surface area (Å²) in [5.74, 6) is 0. The van der Waals surface area contributed by atoms with Gasteiger partial charge in [0, 0.05) is 7.05 Å². The summed E-state index contributed by atoms with van der Waals surface area (Å²) in [6.07, 6.45) is 2.07. The van der Waals surface area contributed by atoms with Crippen molar-refractivity contribution in [2.75, 3.05) is 6.26 Å². The highest BCUT2D eigenvalue weighted by Gasteiger charge is 2.24. The zero-order valence-corrected chi connectivity index (χ0v) is 10.1. The highest BCUT2D eigenvalue weighted by Crippen LogP contribution is 2.13. The molecular weight excluding hydrogens is 186 g/mol. The number of hydrogen-bond acceptors (Lipinski definition) is 3. The number of rotatable bonds is 2. The summed E-state index contributed by atoms with van der Waals surface area (Å²) in [5.41, 5.74) is 0. The highest BCUT2D eigenvalue weighted by molar-refractivity contribution is 7.98. The number of aryl methyl sites for hydroxylation is 1. The molecular formula is C7H15N3SSi. The summed E-state index contributed by atoms with van der Waals surface area (Å²) in [7, 11) is 0.654. The molecule has 1 aromatic heterocycles. The fourth-order valence-electron chi connectivity index (χ4n) is 1.05. The van der Waals surface area contributed by atoms with E-state index >= 15 is 0 Å².